The third kappa shape index (κ3) is 3.61. The van der Waals surface area contributed by atoms with E-state index in [2.05, 4.69) is 34.4 Å². The molecule has 1 aliphatic rings. The second-order valence-corrected chi connectivity index (χ2v) is 6.08. The van der Waals surface area contributed by atoms with E-state index < -0.39 is 0 Å². The van der Waals surface area contributed by atoms with Crippen LogP contribution in [0.4, 0.5) is 0 Å². The molecule has 2 atom stereocenters. The van der Waals surface area contributed by atoms with Crippen LogP contribution in [0.3, 0.4) is 0 Å². The normalized spacial score (nSPS) is 21.2. The first-order valence-electron chi connectivity index (χ1n) is 8.34. The van der Waals surface area contributed by atoms with Gasteiger partial charge in [-0.2, -0.15) is 10.1 Å². The van der Waals surface area contributed by atoms with E-state index in [1.54, 1.807) is 0 Å². The van der Waals surface area contributed by atoms with Gasteiger partial charge in [-0.05, 0) is 19.8 Å². The summed E-state index contributed by atoms with van der Waals surface area (Å²) in [5.41, 5.74) is 2.30. The number of ether oxygens (including phenoxy) is 1. The number of nitrogens with one attached hydrogen (secondary N) is 1. The Balaban J connectivity index is 1.59. The van der Waals surface area contributed by atoms with Gasteiger partial charge in [0.05, 0.1) is 12.7 Å². The van der Waals surface area contributed by atoms with Gasteiger partial charge in [0, 0.05) is 37.4 Å². The average molecular weight is 319 g/mol. The largest absolute Gasteiger partial charge is 0.372 e. The third-order valence-corrected chi connectivity index (χ3v) is 4.45. The highest BCUT2D eigenvalue weighted by molar-refractivity contribution is 5.21. The molecule has 2 aromatic rings. The second kappa shape index (κ2) is 7.23. The van der Waals surface area contributed by atoms with Crippen molar-refractivity contribution in [3.63, 3.8) is 0 Å². The van der Waals surface area contributed by atoms with Crippen molar-refractivity contribution in [2.75, 3.05) is 6.61 Å². The lowest BCUT2D eigenvalue weighted by Gasteiger charge is -2.19. The lowest BCUT2D eigenvalue weighted by atomic mass is 10.0. The highest BCUT2D eigenvalue weighted by atomic mass is 16.5. The van der Waals surface area contributed by atoms with Gasteiger partial charge in [-0.1, -0.05) is 18.5 Å². The molecule has 3 rings (SSSR count). The maximum Gasteiger partial charge on any atom is 0.226 e. The van der Waals surface area contributed by atoms with Gasteiger partial charge in [-0.15, -0.1) is 0 Å². The zero-order valence-corrected chi connectivity index (χ0v) is 14.1. The first-order chi connectivity index (χ1) is 11.2. The van der Waals surface area contributed by atoms with Crippen LogP contribution in [0.5, 0.6) is 0 Å². The molecule has 0 aliphatic carbocycles. The zero-order chi connectivity index (χ0) is 16.2. The van der Waals surface area contributed by atoms with Crippen molar-refractivity contribution in [2.24, 2.45) is 7.05 Å². The van der Waals surface area contributed by atoms with Crippen LogP contribution in [0.1, 0.15) is 55.3 Å². The Kier molecular flexibility index (Phi) is 5.07. The van der Waals surface area contributed by atoms with E-state index in [4.69, 9.17) is 9.26 Å². The number of rotatable bonds is 7. The number of hydrogen-bond acceptors (Lipinski definition) is 6. The van der Waals surface area contributed by atoms with Crippen molar-refractivity contribution in [2.45, 2.75) is 58.2 Å². The molecule has 7 heteroatoms. The molecule has 0 unspecified atom stereocenters. The summed E-state index contributed by atoms with van der Waals surface area (Å²) in [6.45, 7) is 5.57. The van der Waals surface area contributed by atoms with E-state index in [0.717, 1.165) is 49.4 Å². The summed E-state index contributed by atoms with van der Waals surface area (Å²) in [4.78, 5) is 4.43. The molecule has 1 saturated heterocycles. The van der Waals surface area contributed by atoms with E-state index in [0.29, 0.717) is 12.4 Å². The third-order valence-electron chi connectivity index (χ3n) is 4.45. The van der Waals surface area contributed by atoms with Crippen LogP contribution in [0, 0.1) is 6.92 Å². The van der Waals surface area contributed by atoms with Crippen LogP contribution in [0.2, 0.25) is 0 Å². The highest BCUT2D eigenvalue weighted by Crippen LogP contribution is 2.31. The topological polar surface area (TPSA) is 78.0 Å². The molecule has 0 amide bonds. The monoisotopic (exact) mass is 319 g/mol. The molecular formula is C16H25N5O2. The molecule has 0 aromatic carbocycles. The molecule has 23 heavy (non-hydrogen) atoms. The second-order valence-electron chi connectivity index (χ2n) is 6.08. The predicted molar refractivity (Wildman–Crippen MR) is 84.8 cm³/mol. The van der Waals surface area contributed by atoms with Crippen molar-refractivity contribution in [1.82, 2.24) is 25.2 Å². The minimum Gasteiger partial charge on any atom is -0.372 e. The first-order valence-corrected chi connectivity index (χ1v) is 8.34. The maximum atomic E-state index is 5.91. The van der Waals surface area contributed by atoms with E-state index in [1.165, 1.54) is 0 Å². The fraction of sp³-hybridized carbons (Fsp3) is 0.688. The quantitative estimate of drug-likeness (QED) is 0.842. The van der Waals surface area contributed by atoms with Crippen LogP contribution >= 0.6 is 0 Å². The van der Waals surface area contributed by atoms with Gasteiger partial charge >= 0.3 is 0 Å². The van der Waals surface area contributed by atoms with Crippen molar-refractivity contribution >= 4 is 0 Å². The SMILES string of the molecule is CCCCc1nc(CN[C@H]2CCO[C@@H]2c2cnn(C)c2C)no1. The van der Waals surface area contributed by atoms with E-state index in [9.17, 15) is 0 Å². The summed E-state index contributed by atoms with van der Waals surface area (Å²) in [7, 11) is 1.95. The Morgan fingerprint density at radius 3 is 3.04 bits per heavy atom. The molecule has 1 aliphatic heterocycles. The number of nitrogens with zero attached hydrogens (tertiary/aromatic N) is 4. The molecule has 2 aromatic heterocycles. The molecule has 0 radical (unpaired) electrons. The van der Waals surface area contributed by atoms with Crippen molar-refractivity contribution < 1.29 is 9.26 Å². The van der Waals surface area contributed by atoms with Gasteiger partial charge in [0.2, 0.25) is 5.89 Å². The fourth-order valence-electron chi connectivity index (χ4n) is 2.91. The molecule has 3 heterocycles. The summed E-state index contributed by atoms with van der Waals surface area (Å²) in [6, 6.07) is 0.246. The predicted octanol–water partition coefficient (Wildman–Crippen LogP) is 2.07. The lowest BCUT2D eigenvalue weighted by Crippen LogP contribution is -2.31. The van der Waals surface area contributed by atoms with E-state index in [-0.39, 0.29) is 12.1 Å². The van der Waals surface area contributed by atoms with E-state index in [1.807, 2.05) is 17.9 Å². The summed E-state index contributed by atoms with van der Waals surface area (Å²) in [5.74, 6) is 1.44. The Hall–Kier alpha value is -1.73. The van der Waals surface area contributed by atoms with Gasteiger partial charge in [0.15, 0.2) is 5.82 Å². The Morgan fingerprint density at radius 2 is 2.30 bits per heavy atom. The summed E-state index contributed by atoms with van der Waals surface area (Å²) in [6.07, 6.45) is 5.97. The molecule has 1 fully saturated rings. The van der Waals surface area contributed by atoms with E-state index >= 15 is 0 Å². The number of hydrogen-bond donors (Lipinski definition) is 1. The van der Waals surface area contributed by atoms with Gasteiger partial charge in [0.1, 0.15) is 6.10 Å². The molecule has 126 valence electrons. The summed E-state index contributed by atoms with van der Waals surface area (Å²) in [5, 5.41) is 11.9. The fourth-order valence-corrected chi connectivity index (χ4v) is 2.91. The minimum atomic E-state index is 0.0372. The Morgan fingerprint density at radius 1 is 1.43 bits per heavy atom. The molecule has 7 nitrogen and oxygen atoms in total. The van der Waals surface area contributed by atoms with Gasteiger partial charge in [0.25, 0.3) is 0 Å². The Labute approximate surface area is 136 Å². The molecule has 0 spiro atoms. The minimum absolute atomic E-state index is 0.0372. The molecule has 1 N–H and O–H groups in total. The van der Waals surface area contributed by atoms with Crippen molar-refractivity contribution in [3.05, 3.63) is 29.2 Å². The van der Waals surface area contributed by atoms with Crippen LogP contribution in [0.15, 0.2) is 10.7 Å². The lowest BCUT2D eigenvalue weighted by molar-refractivity contribution is 0.0977. The van der Waals surface area contributed by atoms with Crippen LogP contribution in [0.25, 0.3) is 0 Å². The number of aromatic nitrogens is 4. The Bertz CT molecular complexity index is 636. The van der Waals surface area contributed by atoms with Gasteiger partial charge < -0.3 is 14.6 Å². The zero-order valence-electron chi connectivity index (χ0n) is 14.1. The van der Waals surface area contributed by atoms with Crippen molar-refractivity contribution in [3.8, 4) is 0 Å². The van der Waals surface area contributed by atoms with Gasteiger partial charge in [-0.3, -0.25) is 4.68 Å². The maximum absolute atomic E-state index is 5.91. The first kappa shape index (κ1) is 16.1. The summed E-state index contributed by atoms with van der Waals surface area (Å²) >= 11 is 0. The average Bonchev–Trinajstić information content (AvgIpc) is 3.25. The highest BCUT2D eigenvalue weighted by Gasteiger charge is 2.31. The molecule has 0 bridgehead atoms. The number of unbranched alkanes of at least 4 members (excludes halogenated alkanes) is 1. The summed E-state index contributed by atoms with van der Waals surface area (Å²) < 4.78 is 13.1. The van der Waals surface area contributed by atoms with Crippen molar-refractivity contribution in [1.29, 1.82) is 0 Å². The van der Waals surface area contributed by atoms with Gasteiger partial charge in [-0.25, -0.2) is 0 Å². The van der Waals surface area contributed by atoms with Crippen LogP contribution in [-0.4, -0.2) is 32.6 Å². The molecule has 0 saturated carbocycles. The standard InChI is InChI=1S/C16H25N5O2/c1-4-5-6-15-19-14(20-23-15)10-17-13-7-8-22-16(13)12-9-18-21(3)11(12)2/h9,13,16-17H,4-8,10H2,1-3H3/t13-,16+/m0/s1. The van der Waals surface area contributed by atoms with Crippen LogP contribution < -0.4 is 5.32 Å². The number of aryl methyl sites for hydroxylation is 2. The smallest absolute Gasteiger partial charge is 0.226 e. The molecular weight excluding hydrogens is 294 g/mol. The van der Waals surface area contributed by atoms with Crippen LogP contribution in [-0.2, 0) is 24.8 Å².